The molecule has 0 amide bonds. The summed E-state index contributed by atoms with van der Waals surface area (Å²) in [6.07, 6.45) is -0.113. The highest BCUT2D eigenvalue weighted by Gasteiger charge is 2.20. The molecule has 1 fully saturated rings. The number of ether oxygens (including phenoxy) is 2. The van der Waals surface area contributed by atoms with E-state index >= 15 is 0 Å². The number of anilines is 1. The smallest absolute Gasteiger partial charge is 0.170 e. The Kier molecular flexibility index (Phi) is 6.77. The second-order valence-electron chi connectivity index (χ2n) is 5.11. The van der Waals surface area contributed by atoms with Crippen molar-refractivity contribution >= 4 is 17.3 Å². The van der Waals surface area contributed by atoms with Crippen molar-refractivity contribution < 1.29 is 9.47 Å². The van der Waals surface area contributed by atoms with Crippen LogP contribution < -0.4 is 4.90 Å². The molecule has 2 rings (SSSR count). The molecule has 1 aromatic rings. The number of rotatable bonds is 7. The summed E-state index contributed by atoms with van der Waals surface area (Å²) in [5.74, 6) is 0. The molecule has 1 aromatic carbocycles. The van der Waals surface area contributed by atoms with Gasteiger partial charge in [-0.05, 0) is 32.0 Å². The minimum atomic E-state index is -0.113. The Balaban J connectivity index is 1.82. The summed E-state index contributed by atoms with van der Waals surface area (Å²) in [4.78, 5) is 4.77. The zero-order valence-electron chi connectivity index (χ0n) is 12.9. The third kappa shape index (κ3) is 5.15. The van der Waals surface area contributed by atoms with Gasteiger partial charge in [-0.2, -0.15) is 0 Å². The van der Waals surface area contributed by atoms with E-state index in [4.69, 9.17) is 21.1 Å². The molecule has 1 heterocycles. The van der Waals surface area contributed by atoms with E-state index in [2.05, 4.69) is 15.9 Å². The van der Waals surface area contributed by atoms with E-state index in [9.17, 15) is 0 Å². The molecule has 0 saturated carbocycles. The SMILES string of the molecule is CCOC(CN1CCN(c2cccc(Cl)c2)CC1)OCC. The lowest BCUT2D eigenvalue weighted by Crippen LogP contribution is -2.49. The van der Waals surface area contributed by atoms with E-state index in [0.717, 1.165) is 37.7 Å². The predicted octanol–water partition coefficient (Wildman–Crippen LogP) is 2.86. The quantitative estimate of drug-likeness (QED) is 0.723. The highest BCUT2D eigenvalue weighted by Crippen LogP contribution is 2.20. The summed E-state index contributed by atoms with van der Waals surface area (Å²) in [5, 5.41) is 0.794. The predicted molar refractivity (Wildman–Crippen MR) is 87.1 cm³/mol. The van der Waals surface area contributed by atoms with Crippen LogP contribution in [0.4, 0.5) is 5.69 Å². The average molecular weight is 313 g/mol. The topological polar surface area (TPSA) is 24.9 Å². The third-order valence-corrected chi connectivity index (χ3v) is 3.89. The number of hydrogen-bond acceptors (Lipinski definition) is 4. The van der Waals surface area contributed by atoms with Crippen molar-refractivity contribution in [2.75, 3.05) is 50.8 Å². The van der Waals surface area contributed by atoms with Gasteiger partial charge in [0.25, 0.3) is 0 Å². The van der Waals surface area contributed by atoms with Gasteiger partial charge in [0.15, 0.2) is 6.29 Å². The molecule has 1 saturated heterocycles. The van der Waals surface area contributed by atoms with E-state index in [-0.39, 0.29) is 6.29 Å². The van der Waals surface area contributed by atoms with Crippen LogP contribution in [0.25, 0.3) is 0 Å². The molecular weight excluding hydrogens is 288 g/mol. The Hall–Kier alpha value is -0.810. The second-order valence-corrected chi connectivity index (χ2v) is 5.54. The van der Waals surface area contributed by atoms with E-state index in [1.807, 2.05) is 32.0 Å². The standard InChI is InChI=1S/C16H25ClN2O2/c1-3-20-16(21-4-2)13-18-8-10-19(11-9-18)15-7-5-6-14(17)12-15/h5-7,12,16H,3-4,8-11,13H2,1-2H3. The average Bonchev–Trinajstić information content (AvgIpc) is 2.48. The number of nitrogens with zero attached hydrogens (tertiary/aromatic N) is 2. The maximum absolute atomic E-state index is 6.06. The van der Waals surface area contributed by atoms with Gasteiger partial charge in [-0.3, -0.25) is 4.90 Å². The molecule has 1 aliphatic rings. The lowest BCUT2D eigenvalue weighted by molar-refractivity contribution is -0.147. The molecule has 0 aromatic heterocycles. The summed E-state index contributed by atoms with van der Waals surface area (Å²) < 4.78 is 11.2. The number of benzene rings is 1. The molecule has 118 valence electrons. The van der Waals surface area contributed by atoms with Gasteiger partial charge >= 0.3 is 0 Å². The Morgan fingerprint density at radius 3 is 2.33 bits per heavy atom. The van der Waals surface area contributed by atoms with Crippen molar-refractivity contribution in [1.82, 2.24) is 4.90 Å². The summed E-state index contributed by atoms with van der Waals surface area (Å²) in [6.45, 7) is 10.3. The Labute approximate surface area is 132 Å². The van der Waals surface area contributed by atoms with Crippen molar-refractivity contribution in [1.29, 1.82) is 0 Å². The summed E-state index contributed by atoms with van der Waals surface area (Å²) >= 11 is 6.06. The summed E-state index contributed by atoms with van der Waals surface area (Å²) in [7, 11) is 0. The van der Waals surface area contributed by atoms with Gasteiger partial charge < -0.3 is 14.4 Å². The Morgan fingerprint density at radius 1 is 1.10 bits per heavy atom. The number of hydrogen-bond donors (Lipinski definition) is 0. The van der Waals surface area contributed by atoms with Gasteiger partial charge in [0, 0.05) is 56.6 Å². The zero-order chi connectivity index (χ0) is 15.1. The first kappa shape index (κ1) is 16.6. The fourth-order valence-corrected chi connectivity index (χ4v) is 2.78. The first-order valence-electron chi connectivity index (χ1n) is 7.69. The molecular formula is C16H25ClN2O2. The van der Waals surface area contributed by atoms with Crippen molar-refractivity contribution in [3.63, 3.8) is 0 Å². The largest absolute Gasteiger partial charge is 0.369 e. The normalized spacial score (nSPS) is 16.7. The Morgan fingerprint density at radius 2 is 1.76 bits per heavy atom. The van der Waals surface area contributed by atoms with Crippen molar-refractivity contribution in [3.8, 4) is 0 Å². The van der Waals surface area contributed by atoms with Gasteiger partial charge in [-0.15, -0.1) is 0 Å². The molecule has 0 spiro atoms. The number of piperazine rings is 1. The van der Waals surface area contributed by atoms with E-state index < -0.39 is 0 Å². The van der Waals surface area contributed by atoms with Gasteiger partial charge in [0.2, 0.25) is 0 Å². The van der Waals surface area contributed by atoms with Crippen LogP contribution in [-0.2, 0) is 9.47 Å². The van der Waals surface area contributed by atoms with Crippen molar-refractivity contribution in [2.45, 2.75) is 20.1 Å². The first-order chi connectivity index (χ1) is 10.2. The van der Waals surface area contributed by atoms with E-state index in [1.165, 1.54) is 5.69 Å². The van der Waals surface area contributed by atoms with Crippen LogP contribution in [0.5, 0.6) is 0 Å². The molecule has 21 heavy (non-hydrogen) atoms. The molecule has 0 radical (unpaired) electrons. The van der Waals surface area contributed by atoms with Crippen LogP contribution in [0, 0.1) is 0 Å². The molecule has 0 atom stereocenters. The van der Waals surface area contributed by atoms with Crippen LogP contribution >= 0.6 is 11.6 Å². The third-order valence-electron chi connectivity index (χ3n) is 3.66. The van der Waals surface area contributed by atoms with E-state index in [0.29, 0.717) is 13.2 Å². The minimum absolute atomic E-state index is 0.113. The fourth-order valence-electron chi connectivity index (χ4n) is 2.60. The molecule has 4 nitrogen and oxygen atoms in total. The lowest BCUT2D eigenvalue weighted by atomic mass is 10.2. The Bertz CT molecular complexity index is 416. The number of halogens is 1. The molecule has 0 aliphatic carbocycles. The fraction of sp³-hybridized carbons (Fsp3) is 0.625. The van der Waals surface area contributed by atoms with Crippen LogP contribution in [0.1, 0.15) is 13.8 Å². The van der Waals surface area contributed by atoms with Gasteiger partial charge in [0.1, 0.15) is 0 Å². The first-order valence-corrected chi connectivity index (χ1v) is 8.06. The molecule has 0 bridgehead atoms. The van der Waals surface area contributed by atoms with Gasteiger partial charge in [-0.1, -0.05) is 17.7 Å². The van der Waals surface area contributed by atoms with Crippen molar-refractivity contribution in [2.24, 2.45) is 0 Å². The van der Waals surface area contributed by atoms with Gasteiger partial charge in [0.05, 0.1) is 0 Å². The van der Waals surface area contributed by atoms with Crippen LogP contribution in [0.2, 0.25) is 5.02 Å². The van der Waals surface area contributed by atoms with E-state index in [1.54, 1.807) is 0 Å². The summed E-state index contributed by atoms with van der Waals surface area (Å²) in [6, 6.07) is 8.06. The maximum Gasteiger partial charge on any atom is 0.170 e. The second kappa shape index (κ2) is 8.59. The zero-order valence-corrected chi connectivity index (χ0v) is 13.7. The monoisotopic (exact) mass is 312 g/mol. The van der Waals surface area contributed by atoms with Gasteiger partial charge in [-0.25, -0.2) is 0 Å². The lowest BCUT2D eigenvalue weighted by Gasteiger charge is -2.37. The molecule has 5 heteroatoms. The van der Waals surface area contributed by atoms with Crippen LogP contribution in [0.3, 0.4) is 0 Å². The highest BCUT2D eigenvalue weighted by molar-refractivity contribution is 6.30. The molecule has 0 N–H and O–H groups in total. The van der Waals surface area contributed by atoms with Crippen LogP contribution in [0.15, 0.2) is 24.3 Å². The van der Waals surface area contributed by atoms with Crippen molar-refractivity contribution in [3.05, 3.63) is 29.3 Å². The highest BCUT2D eigenvalue weighted by atomic mass is 35.5. The minimum Gasteiger partial charge on any atom is -0.369 e. The molecule has 1 aliphatic heterocycles. The van der Waals surface area contributed by atoms with Crippen LogP contribution in [-0.4, -0.2) is 57.1 Å². The maximum atomic E-state index is 6.06. The summed E-state index contributed by atoms with van der Waals surface area (Å²) in [5.41, 5.74) is 1.20. The molecule has 0 unspecified atom stereocenters.